The number of nitrogens with one attached hydrogen (secondary N) is 1. The monoisotopic (exact) mass is 358 g/mol. The van der Waals surface area contributed by atoms with E-state index in [0.29, 0.717) is 33.0 Å². The van der Waals surface area contributed by atoms with Crippen LogP contribution >= 0.6 is 11.3 Å². The smallest absolute Gasteiger partial charge is 0.348 e. The Hall–Kier alpha value is -2.54. The largest absolute Gasteiger partial charge is 0.465 e. The van der Waals surface area contributed by atoms with E-state index in [2.05, 4.69) is 39.8 Å². The van der Waals surface area contributed by atoms with Crippen LogP contribution in [-0.2, 0) is 17.7 Å². The quantitative estimate of drug-likeness (QED) is 0.573. The minimum Gasteiger partial charge on any atom is -0.465 e. The Kier molecular flexibility index (Phi) is 4.67. The Labute approximate surface area is 149 Å². The third-order valence-electron chi connectivity index (χ3n) is 4.26. The van der Waals surface area contributed by atoms with Gasteiger partial charge < -0.3 is 9.72 Å². The zero-order chi connectivity index (χ0) is 18.1. The van der Waals surface area contributed by atoms with E-state index < -0.39 is 5.97 Å². The molecule has 1 N–H and O–H groups in total. The molecule has 0 aliphatic heterocycles. The van der Waals surface area contributed by atoms with Gasteiger partial charge in [0.05, 0.1) is 12.5 Å². The van der Waals surface area contributed by atoms with Gasteiger partial charge in [0.15, 0.2) is 17.7 Å². The summed E-state index contributed by atoms with van der Waals surface area (Å²) in [5.41, 5.74) is 2.68. The molecule has 7 heteroatoms. The highest BCUT2D eigenvalue weighted by Crippen LogP contribution is 2.27. The molecule has 0 radical (unpaired) electrons. The highest BCUT2D eigenvalue weighted by atomic mass is 32.1. The van der Waals surface area contributed by atoms with Crippen LogP contribution in [0.3, 0.4) is 0 Å². The van der Waals surface area contributed by atoms with Crippen molar-refractivity contribution in [1.29, 1.82) is 0 Å². The van der Waals surface area contributed by atoms with Crippen molar-refractivity contribution in [3.05, 3.63) is 56.2 Å². The molecule has 0 saturated carbocycles. The number of methoxy groups -OCH3 is 1. The van der Waals surface area contributed by atoms with Crippen LogP contribution in [0, 0.1) is 13.8 Å². The molecule has 3 heterocycles. The molecule has 0 fully saturated rings. The lowest BCUT2D eigenvalue weighted by Gasteiger charge is -2.03. The Bertz CT molecular complexity index is 1020. The van der Waals surface area contributed by atoms with Crippen molar-refractivity contribution in [2.24, 2.45) is 0 Å². The molecular weight excluding hydrogens is 338 g/mol. The summed E-state index contributed by atoms with van der Waals surface area (Å²) in [7, 11) is 1.33. The second-order valence-corrected chi connectivity index (χ2v) is 6.90. The van der Waals surface area contributed by atoms with Crippen LogP contribution in [0.25, 0.3) is 10.2 Å². The number of rotatable bonds is 4. The molecule has 3 aromatic heterocycles. The van der Waals surface area contributed by atoms with E-state index in [-0.39, 0.29) is 5.56 Å². The number of carbonyl (C=O) groups is 1. The van der Waals surface area contributed by atoms with Crippen molar-refractivity contribution >= 4 is 27.5 Å². The van der Waals surface area contributed by atoms with Crippen LogP contribution in [-0.4, -0.2) is 23.0 Å². The molecule has 0 unspecified atom stereocenters. The molecule has 0 aliphatic rings. The van der Waals surface area contributed by atoms with Gasteiger partial charge in [-0.15, -0.1) is 11.3 Å². The number of fused-ring (bicyclic) bond motifs is 1. The van der Waals surface area contributed by atoms with E-state index >= 15 is 0 Å². The number of aryl methyl sites for hydroxylation is 3. The van der Waals surface area contributed by atoms with Crippen LogP contribution in [0.1, 0.15) is 39.2 Å². The maximum atomic E-state index is 12.5. The number of aromatic amines is 1. The molecule has 25 heavy (non-hydrogen) atoms. The van der Waals surface area contributed by atoms with Gasteiger partial charge >= 0.3 is 5.97 Å². The molecule has 0 spiro atoms. The number of nitrogens with zero attached hydrogens (tertiary/aromatic N) is 2. The predicted octanol–water partition coefficient (Wildman–Crippen LogP) is 2.29. The van der Waals surface area contributed by atoms with E-state index in [1.165, 1.54) is 24.0 Å². The summed E-state index contributed by atoms with van der Waals surface area (Å²) in [6.07, 6.45) is 3.01. The lowest BCUT2D eigenvalue weighted by atomic mass is 10.2. The van der Waals surface area contributed by atoms with E-state index in [4.69, 9.17) is 4.74 Å². The standard InChI is InChI=1S/C18H19N3O3S/c1-5-12-7-6-10(2)21(8-12)9-13-19-16(22)14-11(3)15(18(23)24-4)25-17(14)20-13/h6-8H,5,9H2,1-4H3/p+1. The van der Waals surface area contributed by atoms with Crippen molar-refractivity contribution in [3.63, 3.8) is 0 Å². The van der Waals surface area contributed by atoms with E-state index in [0.717, 1.165) is 12.1 Å². The molecule has 0 aromatic carbocycles. The second-order valence-electron chi connectivity index (χ2n) is 5.90. The number of esters is 1. The number of carbonyl (C=O) groups excluding carboxylic acids is 1. The predicted molar refractivity (Wildman–Crippen MR) is 96.2 cm³/mol. The molecule has 0 aliphatic carbocycles. The summed E-state index contributed by atoms with van der Waals surface area (Å²) in [6, 6.07) is 4.15. The van der Waals surface area contributed by atoms with E-state index in [1.54, 1.807) is 6.92 Å². The first kappa shape index (κ1) is 17.3. The van der Waals surface area contributed by atoms with Gasteiger partial charge in [0.1, 0.15) is 9.71 Å². The molecule has 0 amide bonds. The van der Waals surface area contributed by atoms with Gasteiger partial charge in [0.25, 0.3) is 5.56 Å². The van der Waals surface area contributed by atoms with Crippen molar-refractivity contribution in [3.8, 4) is 0 Å². The van der Waals surface area contributed by atoms with Crippen LogP contribution in [0.5, 0.6) is 0 Å². The highest BCUT2D eigenvalue weighted by Gasteiger charge is 2.20. The summed E-state index contributed by atoms with van der Waals surface area (Å²) in [4.78, 5) is 32.7. The average molecular weight is 358 g/mol. The minimum atomic E-state index is -0.442. The zero-order valence-electron chi connectivity index (χ0n) is 14.7. The van der Waals surface area contributed by atoms with Crippen LogP contribution in [0.15, 0.2) is 23.1 Å². The molecule has 6 nitrogen and oxygen atoms in total. The number of pyridine rings is 1. The third kappa shape index (κ3) is 3.19. The van der Waals surface area contributed by atoms with Crippen molar-refractivity contribution in [2.75, 3.05) is 7.11 Å². The van der Waals surface area contributed by atoms with Gasteiger partial charge in [-0.3, -0.25) is 4.79 Å². The summed E-state index contributed by atoms with van der Waals surface area (Å²) in [6.45, 7) is 6.32. The summed E-state index contributed by atoms with van der Waals surface area (Å²) in [5, 5.41) is 0.457. The average Bonchev–Trinajstić information content (AvgIpc) is 2.93. The fourth-order valence-corrected chi connectivity index (χ4v) is 3.88. The maximum Gasteiger partial charge on any atom is 0.348 e. The van der Waals surface area contributed by atoms with Gasteiger partial charge in [-0.1, -0.05) is 6.92 Å². The fraction of sp³-hybridized carbons (Fsp3) is 0.333. The molecule has 0 saturated heterocycles. The van der Waals surface area contributed by atoms with Crippen LogP contribution in [0.2, 0.25) is 0 Å². The fourth-order valence-electron chi connectivity index (χ4n) is 2.76. The number of aromatic nitrogens is 3. The first-order valence-corrected chi connectivity index (χ1v) is 8.85. The lowest BCUT2D eigenvalue weighted by Crippen LogP contribution is -2.39. The van der Waals surface area contributed by atoms with Crippen LogP contribution in [0.4, 0.5) is 0 Å². The van der Waals surface area contributed by atoms with Gasteiger partial charge in [0.2, 0.25) is 6.54 Å². The summed E-state index contributed by atoms with van der Waals surface area (Å²) in [5.74, 6) is 0.124. The van der Waals surface area contributed by atoms with Crippen LogP contribution < -0.4 is 10.1 Å². The second kappa shape index (κ2) is 6.76. The molecule has 3 aromatic rings. The first-order chi connectivity index (χ1) is 11.9. The van der Waals surface area contributed by atoms with E-state index in [1.807, 2.05) is 6.92 Å². The van der Waals surface area contributed by atoms with Crippen molar-refractivity contribution < 1.29 is 14.1 Å². The Morgan fingerprint density at radius 3 is 2.80 bits per heavy atom. The zero-order valence-corrected chi connectivity index (χ0v) is 15.5. The van der Waals surface area contributed by atoms with E-state index in [9.17, 15) is 9.59 Å². The van der Waals surface area contributed by atoms with Gasteiger partial charge in [-0.2, -0.15) is 4.57 Å². The minimum absolute atomic E-state index is 0.228. The normalized spacial score (nSPS) is 11.0. The number of thiophene rings is 1. The Balaban J connectivity index is 2.07. The highest BCUT2D eigenvalue weighted by molar-refractivity contribution is 7.20. The van der Waals surface area contributed by atoms with Crippen molar-refractivity contribution in [2.45, 2.75) is 33.7 Å². The third-order valence-corrected chi connectivity index (χ3v) is 5.43. The molecule has 130 valence electrons. The van der Waals surface area contributed by atoms with Crippen molar-refractivity contribution in [1.82, 2.24) is 9.97 Å². The lowest BCUT2D eigenvalue weighted by molar-refractivity contribution is -0.695. The van der Waals surface area contributed by atoms with Gasteiger partial charge in [-0.05, 0) is 25.0 Å². The topological polar surface area (TPSA) is 75.9 Å². The molecule has 0 atom stereocenters. The Morgan fingerprint density at radius 1 is 1.36 bits per heavy atom. The number of H-pyrrole nitrogens is 1. The maximum absolute atomic E-state index is 12.5. The number of ether oxygens (including phenoxy) is 1. The number of hydrogen-bond acceptors (Lipinski definition) is 5. The first-order valence-electron chi connectivity index (χ1n) is 8.04. The summed E-state index contributed by atoms with van der Waals surface area (Å²) >= 11 is 1.19. The molecule has 3 rings (SSSR count). The molecule has 0 bridgehead atoms. The summed E-state index contributed by atoms with van der Waals surface area (Å²) < 4.78 is 6.84. The molecular formula is C18H20N3O3S+. The Morgan fingerprint density at radius 2 is 2.12 bits per heavy atom. The van der Waals surface area contributed by atoms with Gasteiger partial charge in [0, 0.05) is 18.6 Å². The SMILES string of the molecule is CCc1ccc(C)[n+](Cc2nc3sc(C(=O)OC)c(C)c3c(=O)[nH]2)c1. The van der Waals surface area contributed by atoms with Gasteiger partial charge in [-0.25, -0.2) is 9.78 Å². The number of hydrogen-bond donors (Lipinski definition) is 1.